The Morgan fingerprint density at radius 3 is 2.88 bits per heavy atom. The smallest absolute Gasteiger partial charge is 0.0537 e. The van der Waals surface area contributed by atoms with E-state index in [2.05, 4.69) is 16.9 Å². The zero-order chi connectivity index (χ0) is 11.5. The first kappa shape index (κ1) is 11.6. The third kappa shape index (κ3) is 2.83. The van der Waals surface area contributed by atoms with Crippen molar-refractivity contribution < 1.29 is 0 Å². The molecule has 1 saturated carbocycles. The van der Waals surface area contributed by atoms with Crippen LogP contribution in [0.25, 0.3) is 0 Å². The number of aryl methyl sites for hydroxylation is 1. The Labute approximate surface area is 97.4 Å². The summed E-state index contributed by atoms with van der Waals surface area (Å²) < 4.78 is 1.82. The van der Waals surface area contributed by atoms with E-state index in [1.807, 2.05) is 24.1 Å². The molecule has 0 saturated heterocycles. The van der Waals surface area contributed by atoms with Crippen LogP contribution in [0.5, 0.6) is 0 Å². The fourth-order valence-corrected chi connectivity index (χ4v) is 2.14. The standard InChI is InChI=1S/C12H22N4/c1-3-6-16(11-4-5-11)9-12(13)10-7-14-15(2)8-10/h7-8,11-12H,3-6,9,13H2,1-2H3. The maximum atomic E-state index is 6.21. The van der Waals surface area contributed by atoms with E-state index < -0.39 is 0 Å². The average Bonchev–Trinajstić information content (AvgIpc) is 3.00. The molecule has 4 heteroatoms. The van der Waals surface area contributed by atoms with E-state index in [0.29, 0.717) is 0 Å². The monoisotopic (exact) mass is 222 g/mol. The van der Waals surface area contributed by atoms with Gasteiger partial charge in [0.25, 0.3) is 0 Å². The Bertz CT molecular complexity index is 330. The number of rotatable bonds is 6. The molecule has 0 bridgehead atoms. The molecule has 1 heterocycles. The maximum absolute atomic E-state index is 6.21. The van der Waals surface area contributed by atoms with Gasteiger partial charge in [-0.2, -0.15) is 5.10 Å². The van der Waals surface area contributed by atoms with Crippen LogP contribution in [-0.2, 0) is 7.05 Å². The van der Waals surface area contributed by atoms with E-state index in [-0.39, 0.29) is 6.04 Å². The summed E-state index contributed by atoms with van der Waals surface area (Å²) in [6.45, 7) is 4.35. The van der Waals surface area contributed by atoms with Gasteiger partial charge in [0.2, 0.25) is 0 Å². The molecule has 0 amide bonds. The first-order chi connectivity index (χ1) is 7.70. The highest BCUT2D eigenvalue weighted by atomic mass is 15.2. The molecular weight excluding hydrogens is 200 g/mol. The molecule has 2 N–H and O–H groups in total. The molecule has 1 unspecified atom stereocenters. The number of nitrogens with two attached hydrogens (primary N) is 1. The topological polar surface area (TPSA) is 47.1 Å². The van der Waals surface area contributed by atoms with E-state index in [4.69, 9.17) is 5.73 Å². The molecule has 0 radical (unpaired) electrons. The van der Waals surface area contributed by atoms with Gasteiger partial charge in [0.05, 0.1) is 6.20 Å². The average molecular weight is 222 g/mol. The normalized spacial score (nSPS) is 18.0. The van der Waals surface area contributed by atoms with E-state index in [0.717, 1.165) is 18.2 Å². The lowest BCUT2D eigenvalue weighted by Crippen LogP contribution is -2.34. The van der Waals surface area contributed by atoms with Gasteiger partial charge >= 0.3 is 0 Å². The molecule has 0 spiro atoms. The van der Waals surface area contributed by atoms with Crippen LogP contribution in [0, 0.1) is 0 Å². The molecule has 1 aliphatic rings. The summed E-state index contributed by atoms with van der Waals surface area (Å²) >= 11 is 0. The van der Waals surface area contributed by atoms with Crippen molar-refractivity contribution in [2.75, 3.05) is 13.1 Å². The third-order valence-electron chi connectivity index (χ3n) is 3.16. The summed E-state index contributed by atoms with van der Waals surface area (Å²) in [6.07, 6.45) is 7.79. The van der Waals surface area contributed by atoms with Crippen molar-refractivity contribution >= 4 is 0 Å². The maximum Gasteiger partial charge on any atom is 0.0537 e. The number of aromatic nitrogens is 2. The fraction of sp³-hybridized carbons (Fsp3) is 0.750. The van der Waals surface area contributed by atoms with Gasteiger partial charge in [-0.1, -0.05) is 6.92 Å². The van der Waals surface area contributed by atoms with Crippen molar-refractivity contribution in [3.05, 3.63) is 18.0 Å². The Balaban J connectivity index is 1.91. The molecular formula is C12H22N4. The van der Waals surface area contributed by atoms with Gasteiger partial charge < -0.3 is 5.73 Å². The van der Waals surface area contributed by atoms with Gasteiger partial charge in [-0.3, -0.25) is 9.58 Å². The van der Waals surface area contributed by atoms with Gasteiger partial charge in [0.15, 0.2) is 0 Å². The zero-order valence-corrected chi connectivity index (χ0v) is 10.3. The van der Waals surface area contributed by atoms with Gasteiger partial charge in [-0.05, 0) is 25.8 Å². The molecule has 1 aliphatic carbocycles. The van der Waals surface area contributed by atoms with Crippen LogP contribution in [0.2, 0.25) is 0 Å². The summed E-state index contributed by atoms with van der Waals surface area (Å²) in [5.74, 6) is 0. The van der Waals surface area contributed by atoms with Gasteiger partial charge in [-0.25, -0.2) is 0 Å². The number of hydrogen-bond acceptors (Lipinski definition) is 3. The minimum atomic E-state index is 0.0980. The molecule has 90 valence electrons. The van der Waals surface area contributed by atoms with Crippen molar-refractivity contribution in [3.63, 3.8) is 0 Å². The first-order valence-corrected chi connectivity index (χ1v) is 6.19. The zero-order valence-electron chi connectivity index (χ0n) is 10.3. The van der Waals surface area contributed by atoms with Gasteiger partial charge in [-0.15, -0.1) is 0 Å². The molecule has 16 heavy (non-hydrogen) atoms. The lowest BCUT2D eigenvalue weighted by molar-refractivity contribution is 0.248. The molecule has 1 fully saturated rings. The second-order valence-electron chi connectivity index (χ2n) is 4.78. The van der Waals surface area contributed by atoms with Gasteiger partial charge in [0.1, 0.15) is 0 Å². The highest BCUT2D eigenvalue weighted by Crippen LogP contribution is 2.28. The Morgan fingerprint density at radius 1 is 1.62 bits per heavy atom. The molecule has 1 aromatic heterocycles. The fourth-order valence-electron chi connectivity index (χ4n) is 2.14. The van der Waals surface area contributed by atoms with Crippen LogP contribution in [0.4, 0.5) is 0 Å². The molecule has 0 aromatic carbocycles. The van der Waals surface area contributed by atoms with Crippen LogP contribution >= 0.6 is 0 Å². The lowest BCUT2D eigenvalue weighted by atomic mass is 10.1. The van der Waals surface area contributed by atoms with Crippen molar-refractivity contribution in [2.24, 2.45) is 12.8 Å². The summed E-state index contributed by atoms with van der Waals surface area (Å²) in [6, 6.07) is 0.892. The quantitative estimate of drug-likeness (QED) is 0.789. The molecule has 4 nitrogen and oxygen atoms in total. The Morgan fingerprint density at radius 2 is 2.38 bits per heavy atom. The van der Waals surface area contributed by atoms with Crippen molar-refractivity contribution in [3.8, 4) is 0 Å². The summed E-state index contributed by atoms with van der Waals surface area (Å²) in [5, 5.41) is 4.17. The lowest BCUT2D eigenvalue weighted by Gasteiger charge is -2.24. The van der Waals surface area contributed by atoms with E-state index >= 15 is 0 Å². The second kappa shape index (κ2) is 4.97. The summed E-state index contributed by atoms with van der Waals surface area (Å²) in [4.78, 5) is 2.53. The number of hydrogen-bond donors (Lipinski definition) is 1. The third-order valence-corrected chi connectivity index (χ3v) is 3.16. The highest BCUT2D eigenvalue weighted by molar-refractivity contribution is 5.10. The van der Waals surface area contributed by atoms with Gasteiger partial charge in [0, 0.05) is 37.4 Å². The van der Waals surface area contributed by atoms with E-state index in [1.165, 1.54) is 25.8 Å². The second-order valence-corrected chi connectivity index (χ2v) is 4.78. The predicted octanol–water partition coefficient (Wildman–Crippen LogP) is 1.29. The van der Waals surface area contributed by atoms with Crippen molar-refractivity contribution in [1.29, 1.82) is 0 Å². The number of nitrogens with zero attached hydrogens (tertiary/aromatic N) is 3. The summed E-state index contributed by atoms with van der Waals surface area (Å²) in [7, 11) is 1.93. The Hall–Kier alpha value is -0.870. The summed E-state index contributed by atoms with van der Waals surface area (Å²) in [5.41, 5.74) is 7.35. The predicted molar refractivity (Wildman–Crippen MR) is 65.0 cm³/mol. The van der Waals surface area contributed by atoms with Crippen LogP contribution < -0.4 is 5.73 Å². The molecule has 1 aromatic rings. The highest BCUT2D eigenvalue weighted by Gasteiger charge is 2.29. The van der Waals surface area contributed by atoms with Crippen LogP contribution in [0.15, 0.2) is 12.4 Å². The minimum Gasteiger partial charge on any atom is -0.323 e. The first-order valence-electron chi connectivity index (χ1n) is 6.19. The van der Waals surface area contributed by atoms with E-state index in [1.54, 1.807) is 0 Å². The molecule has 2 rings (SSSR count). The van der Waals surface area contributed by atoms with Crippen molar-refractivity contribution in [1.82, 2.24) is 14.7 Å². The van der Waals surface area contributed by atoms with Crippen LogP contribution in [-0.4, -0.2) is 33.8 Å². The molecule has 0 aliphatic heterocycles. The largest absolute Gasteiger partial charge is 0.323 e. The SMILES string of the molecule is CCCN(CC(N)c1cnn(C)c1)C1CC1. The van der Waals surface area contributed by atoms with Crippen LogP contribution in [0.3, 0.4) is 0 Å². The molecule has 1 atom stereocenters. The van der Waals surface area contributed by atoms with Crippen LogP contribution in [0.1, 0.15) is 37.8 Å². The minimum absolute atomic E-state index is 0.0980. The Kier molecular flexibility index (Phi) is 3.61. The van der Waals surface area contributed by atoms with Crippen molar-refractivity contribution in [2.45, 2.75) is 38.3 Å². The van der Waals surface area contributed by atoms with E-state index in [9.17, 15) is 0 Å².